The predicted octanol–water partition coefficient (Wildman–Crippen LogP) is 3.95. The van der Waals surface area contributed by atoms with E-state index < -0.39 is 13.9 Å². The molecule has 0 bridgehead atoms. The molecule has 5 aromatic rings. The van der Waals surface area contributed by atoms with Gasteiger partial charge in [-0.2, -0.15) is 9.78 Å². The van der Waals surface area contributed by atoms with Crippen molar-refractivity contribution in [3.63, 3.8) is 0 Å². The minimum absolute atomic E-state index is 0.00198. The smallest absolute Gasteiger partial charge is 0.279 e. The summed E-state index contributed by atoms with van der Waals surface area (Å²) in [4.78, 5) is 41.4. The Morgan fingerprint density at radius 2 is 1.81 bits per heavy atom. The fourth-order valence-corrected chi connectivity index (χ4v) is 10.2. The van der Waals surface area contributed by atoms with Crippen LogP contribution < -0.4 is 10.5 Å². The molecule has 0 unspecified atom stereocenters. The van der Waals surface area contributed by atoms with Gasteiger partial charge in [0.1, 0.15) is 0 Å². The lowest BCUT2D eigenvalue weighted by Crippen LogP contribution is -2.46. The molecule has 2 aliphatic rings. The van der Waals surface area contributed by atoms with Gasteiger partial charge in [-0.1, -0.05) is 60.7 Å². The van der Waals surface area contributed by atoms with Gasteiger partial charge in [0.2, 0.25) is 0 Å². The number of ether oxygens (including phenoxy) is 1. The summed E-state index contributed by atoms with van der Waals surface area (Å²) >= 11 is 0. The molecule has 2 N–H and O–H groups in total. The van der Waals surface area contributed by atoms with Crippen LogP contribution in [0.2, 0.25) is 18.6 Å². The van der Waals surface area contributed by atoms with Crippen molar-refractivity contribution >= 4 is 30.7 Å². The number of benzene rings is 3. The van der Waals surface area contributed by atoms with Crippen molar-refractivity contribution in [1.82, 2.24) is 24.8 Å². The molecule has 3 aromatic carbocycles. The Labute approximate surface area is 273 Å². The number of carbonyl (C=O) groups is 1. The van der Waals surface area contributed by atoms with Crippen LogP contribution in [0, 0.1) is 5.92 Å². The van der Waals surface area contributed by atoms with Crippen LogP contribution in [0.5, 0.6) is 0 Å². The third kappa shape index (κ3) is 5.31. The second-order valence-corrected chi connectivity index (χ2v) is 17.1. The monoisotopic (exact) mass is 650 g/mol. The third-order valence-electron chi connectivity index (χ3n) is 9.68. The van der Waals surface area contributed by atoms with Gasteiger partial charge in [-0.05, 0) is 49.3 Å². The summed E-state index contributed by atoms with van der Waals surface area (Å²) in [7, 11) is -2.82. The number of aliphatic hydroxyl groups excluding tert-OH is 1. The van der Waals surface area contributed by atoms with Crippen LogP contribution in [0.15, 0.2) is 90.0 Å². The van der Waals surface area contributed by atoms with Crippen LogP contribution in [0.25, 0.3) is 16.5 Å². The van der Waals surface area contributed by atoms with Gasteiger partial charge < -0.3 is 19.5 Å². The Hall–Kier alpha value is -4.49. The molecule has 47 heavy (non-hydrogen) atoms. The number of amides is 1. The van der Waals surface area contributed by atoms with Crippen LogP contribution >= 0.6 is 0 Å². The standard InChI is InChI=1S/C35H38N6O5Si/c1-23-32(47(2,3)45)31(15-17-39-22-26(16-18-42)37-38-39)46-35(23)29-13-6-7-14-30(29)40(34(35)44)21-24-9-8-11-27(19-24)41-33(43)28-12-5-4-10-25(28)20-36-41/h4-14,19-20,22-23,31-32,42,45H,15-18,21H2,1-3H3/t23-,31+,32-,35+/m1/s1. The van der Waals surface area contributed by atoms with E-state index in [1.165, 1.54) is 4.68 Å². The minimum atomic E-state index is -2.82. The molecule has 1 saturated heterocycles. The Morgan fingerprint density at radius 1 is 1.02 bits per heavy atom. The van der Waals surface area contributed by atoms with E-state index in [0.717, 1.165) is 22.2 Å². The van der Waals surface area contributed by atoms with Crippen molar-refractivity contribution in [1.29, 1.82) is 0 Å². The van der Waals surface area contributed by atoms with Gasteiger partial charge in [-0.3, -0.25) is 14.3 Å². The summed E-state index contributed by atoms with van der Waals surface area (Å²) in [5, 5.41) is 23.4. The van der Waals surface area contributed by atoms with Crippen LogP contribution in [0.3, 0.4) is 0 Å². The zero-order valence-corrected chi connectivity index (χ0v) is 27.7. The zero-order chi connectivity index (χ0) is 32.9. The third-order valence-corrected chi connectivity index (χ3v) is 12.2. The maximum atomic E-state index is 14.7. The number of hydrogen-bond donors (Lipinski definition) is 2. The van der Waals surface area contributed by atoms with Gasteiger partial charge >= 0.3 is 0 Å². The van der Waals surface area contributed by atoms with E-state index in [9.17, 15) is 19.5 Å². The molecule has 1 fully saturated rings. The van der Waals surface area contributed by atoms with Gasteiger partial charge in [0.15, 0.2) is 13.9 Å². The van der Waals surface area contributed by atoms with E-state index in [1.807, 2.05) is 92.9 Å². The molecule has 242 valence electrons. The maximum Gasteiger partial charge on any atom is 0.279 e. The maximum absolute atomic E-state index is 14.7. The number of para-hydroxylation sites is 1. The number of rotatable bonds is 9. The summed E-state index contributed by atoms with van der Waals surface area (Å²) in [5.74, 6) is -0.445. The molecular formula is C35H38N6O5Si. The molecular weight excluding hydrogens is 613 g/mol. The number of carbonyl (C=O) groups excluding carboxylic acids is 1. The number of nitrogens with zero attached hydrogens (tertiary/aromatic N) is 6. The first kappa shape index (κ1) is 31.1. The Morgan fingerprint density at radius 3 is 2.62 bits per heavy atom. The lowest BCUT2D eigenvalue weighted by Gasteiger charge is -2.32. The van der Waals surface area contributed by atoms with Crippen LogP contribution in [0.4, 0.5) is 5.69 Å². The predicted molar refractivity (Wildman–Crippen MR) is 180 cm³/mol. The number of fused-ring (bicyclic) bond motifs is 3. The first-order valence-corrected chi connectivity index (χ1v) is 19.0. The summed E-state index contributed by atoms with van der Waals surface area (Å²) in [5.41, 5.74) is 2.06. The first-order chi connectivity index (χ1) is 22.6. The topological polar surface area (TPSA) is 136 Å². The van der Waals surface area contributed by atoms with E-state index >= 15 is 0 Å². The normalized spacial score (nSPS) is 22.4. The molecule has 11 nitrogen and oxygen atoms in total. The molecule has 0 saturated carbocycles. The average molecular weight is 651 g/mol. The number of aryl methyl sites for hydroxylation is 1. The highest BCUT2D eigenvalue weighted by atomic mass is 28.4. The minimum Gasteiger partial charge on any atom is -0.432 e. The van der Waals surface area contributed by atoms with Crippen molar-refractivity contribution in [2.24, 2.45) is 5.92 Å². The van der Waals surface area contributed by atoms with Crippen molar-refractivity contribution in [2.45, 2.75) is 63.2 Å². The van der Waals surface area contributed by atoms with Crippen LogP contribution in [-0.2, 0) is 34.6 Å². The van der Waals surface area contributed by atoms with E-state index in [0.29, 0.717) is 36.2 Å². The van der Waals surface area contributed by atoms with Crippen molar-refractivity contribution < 1.29 is 19.4 Å². The van der Waals surface area contributed by atoms with Crippen molar-refractivity contribution in [3.05, 3.63) is 112 Å². The Balaban J connectivity index is 1.20. The molecule has 1 amide bonds. The highest BCUT2D eigenvalue weighted by Crippen LogP contribution is 2.59. The second-order valence-electron chi connectivity index (χ2n) is 13.1. The van der Waals surface area contributed by atoms with Gasteiger partial charge in [0.05, 0.1) is 41.3 Å². The van der Waals surface area contributed by atoms with Crippen molar-refractivity contribution in [3.8, 4) is 5.69 Å². The molecule has 2 aliphatic heterocycles. The molecule has 4 heterocycles. The summed E-state index contributed by atoms with van der Waals surface area (Å²) in [6, 6.07) is 22.6. The number of hydrogen-bond acceptors (Lipinski definition) is 8. The second kappa shape index (κ2) is 11.9. The van der Waals surface area contributed by atoms with Gasteiger partial charge in [0.25, 0.3) is 11.5 Å². The van der Waals surface area contributed by atoms with Crippen molar-refractivity contribution in [2.75, 3.05) is 11.5 Å². The Bertz CT molecular complexity index is 2020. The lowest BCUT2D eigenvalue weighted by molar-refractivity contribution is -0.146. The lowest BCUT2D eigenvalue weighted by atomic mass is 9.82. The quantitative estimate of drug-likeness (QED) is 0.229. The summed E-state index contributed by atoms with van der Waals surface area (Å²) in [6.45, 7) is 6.62. The first-order valence-electron chi connectivity index (χ1n) is 16.0. The van der Waals surface area contributed by atoms with Gasteiger partial charge in [-0.25, -0.2) is 0 Å². The SMILES string of the molecule is C[C@@H]1[C@@H]([Si](C)(C)O)[C@H](CCn2cc(CCO)nn2)O[C@@]12C(=O)N(Cc1cccc(-n3ncc4ccccc4c3=O)c1)c1ccccc12. The largest absolute Gasteiger partial charge is 0.432 e. The fourth-order valence-electron chi connectivity index (χ4n) is 7.64. The van der Waals surface area contributed by atoms with E-state index in [-0.39, 0.29) is 42.2 Å². The Kier molecular flexibility index (Phi) is 7.91. The number of aromatic nitrogens is 5. The number of anilines is 1. The fraction of sp³-hybridized carbons (Fsp3) is 0.343. The summed E-state index contributed by atoms with van der Waals surface area (Å²) < 4.78 is 10.0. The molecule has 2 aromatic heterocycles. The molecule has 0 radical (unpaired) electrons. The molecule has 0 aliphatic carbocycles. The summed E-state index contributed by atoms with van der Waals surface area (Å²) in [6.07, 6.45) is 4.09. The van der Waals surface area contributed by atoms with E-state index in [4.69, 9.17) is 4.74 Å². The molecule has 7 rings (SSSR count). The number of aliphatic hydroxyl groups is 1. The zero-order valence-electron chi connectivity index (χ0n) is 26.7. The average Bonchev–Trinajstić information content (AvgIpc) is 3.70. The van der Waals surface area contributed by atoms with E-state index in [1.54, 1.807) is 21.8 Å². The molecule has 12 heteroatoms. The highest BCUT2D eigenvalue weighted by molar-refractivity contribution is 6.71. The van der Waals surface area contributed by atoms with E-state index in [2.05, 4.69) is 15.4 Å². The van der Waals surface area contributed by atoms with Crippen LogP contribution in [-0.4, -0.2) is 61.6 Å². The van der Waals surface area contributed by atoms with Gasteiger partial charge in [0, 0.05) is 48.2 Å². The molecule has 1 spiro atoms. The van der Waals surface area contributed by atoms with Gasteiger partial charge in [-0.15, -0.1) is 5.10 Å². The highest BCUT2D eigenvalue weighted by Gasteiger charge is 2.66. The van der Waals surface area contributed by atoms with Crippen LogP contribution in [0.1, 0.15) is 30.2 Å². The molecule has 4 atom stereocenters.